The van der Waals surface area contributed by atoms with Gasteiger partial charge in [0, 0.05) is 27.3 Å². The Bertz CT molecular complexity index is 636. The molecule has 0 fully saturated rings. The minimum absolute atomic E-state index is 0.0266. The van der Waals surface area contributed by atoms with Crippen LogP contribution in [0, 0.1) is 0 Å². The van der Waals surface area contributed by atoms with Crippen LogP contribution in [0.2, 0.25) is 15.1 Å². The summed E-state index contributed by atoms with van der Waals surface area (Å²) in [5.74, 6) is 0. The molecule has 0 bridgehead atoms. The molecule has 0 saturated carbocycles. The monoisotopic (exact) mass is 353 g/mol. The number of halogens is 6. The van der Waals surface area contributed by atoms with Crippen molar-refractivity contribution < 1.29 is 13.2 Å². The normalized spacial score (nSPS) is 11.5. The van der Waals surface area contributed by atoms with Crippen LogP contribution < -0.4 is 5.32 Å². The predicted molar refractivity (Wildman–Crippen MR) is 80.2 cm³/mol. The van der Waals surface area contributed by atoms with Gasteiger partial charge < -0.3 is 5.32 Å². The average Bonchev–Trinajstić information content (AvgIpc) is 2.35. The Labute approximate surface area is 134 Å². The summed E-state index contributed by atoms with van der Waals surface area (Å²) in [7, 11) is 0. The highest BCUT2D eigenvalue weighted by Crippen LogP contribution is 2.36. The fourth-order valence-corrected chi connectivity index (χ4v) is 2.56. The third kappa shape index (κ3) is 4.43. The van der Waals surface area contributed by atoms with Crippen LogP contribution in [0.3, 0.4) is 0 Å². The molecule has 21 heavy (non-hydrogen) atoms. The van der Waals surface area contributed by atoms with Crippen molar-refractivity contribution in [2.75, 3.05) is 5.32 Å². The fraction of sp³-hybridized carbons (Fsp3) is 0.143. The molecule has 0 saturated heterocycles. The average molecular weight is 355 g/mol. The zero-order chi connectivity index (χ0) is 15.6. The van der Waals surface area contributed by atoms with Gasteiger partial charge in [-0.05, 0) is 42.0 Å². The van der Waals surface area contributed by atoms with E-state index in [4.69, 9.17) is 34.8 Å². The van der Waals surface area contributed by atoms with Crippen LogP contribution in [0.25, 0.3) is 0 Å². The lowest BCUT2D eigenvalue weighted by molar-refractivity contribution is -0.136. The van der Waals surface area contributed by atoms with E-state index in [1.165, 1.54) is 12.1 Å². The van der Waals surface area contributed by atoms with Crippen LogP contribution in [0.1, 0.15) is 11.1 Å². The second-order valence-electron chi connectivity index (χ2n) is 4.32. The molecule has 1 N–H and O–H groups in total. The van der Waals surface area contributed by atoms with E-state index in [2.05, 4.69) is 5.32 Å². The van der Waals surface area contributed by atoms with E-state index in [0.717, 1.165) is 6.07 Å². The minimum Gasteiger partial charge on any atom is -0.380 e. The van der Waals surface area contributed by atoms with Crippen molar-refractivity contribution in [3.63, 3.8) is 0 Å². The Morgan fingerprint density at radius 1 is 0.857 bits per heavy atom. The van der Waals surface area contributed by atoms with E-state index < -0.39 is 11.7 Å². The molecule has 2 aromatic carbocycles. The Morgan fingerprint density at radius 3 is 2.05 bits per heavy atom. The maximum absolute atomic E-state index is 12.9. The van der Waals surface area contributed by atoms with E-state index in [-0.39, 0.29) is 17.3 Å². The summed E-state index contributed by atoms with van der Waals surface area (Å²) in [6.07, 6.45) is -4.49. The standard InChI is InChI=1S/C14H9Cl3F3N/c15-9-1-2-13(12(6-9)14(18,19)20)21-7-8-3-10(16)5-11(17)4-8/h1-6,21H,7H2. The van der Waals surface area contributed by atoms with Gasteiger partial charge >= 0.3 is 6.18 Å². The van der Waals surface area contributed by atoms with Gasteiger partial charge in [0.05, 0.1) is 5.56 Å². The number of anilines is 1. The third-order valence-electron chi connectivity index (χ3n) is 2.69. The molecule has 0 aliphatic rings. The van der Waals surface area contributed by atoms with Gasteiger partial charge in [-0.1, -0.05) is 34.8 Å². The highest BCUT2D eigenvalue weighted by Gasteiger charge is 2.33. The van der Waals surface area contributed by atoms with Crippen molar-refractivity contribution in [1.82, 2.24) is 0 Å². The van der Waals surface area contributed by atoms with E-state index >= 15 is 0 Å². The van der Waals surface area contributed by atoms with Crippen LogP contribution in [-0.2, 0) is 12.7 Å². The summed E-state index contributed by atoms with van der Waals surface area (Å²) >= 11 is 17.3. The Morgan fingerprint density at radius 2 is 1.48 bits per heavy atom. The molecular weight excluding hydrogens is 346 g/mol. The molecule has 7 heteroatoms. The molecule has 2 aromatic rings. The van der Waals surface area contributed by atoms with Crippen LogP contribution in [0.15, 0.2) is 36.4 Å². The molecule has 0 atom stereocenters. The highest BCUT2D eigenvalue weighted by atomic mass is 35.5. The first-order valence-corrected chi connectivity index (χ1v) is 6.94. The lowest BCUT2D eigenvalue weighted by Crippen LogP contribution is -2.10. The summed E-state index contributed by atoms with van der Waals surface area (Å²) in [6.45, 7) is 0.158. The summed E-state index contributed by atoms with van der Waals surface area (Å²) in [5, 5.41) is 3.59. The molecule has 1 nitrogen and oxygen atoms in total. The molecule has 0 aliphatic heterocycles. The van der Waals surface area contributed by atoms with E-state index in [0.29, 0.717) is 15.6 Å². The van der Waals surface area contributed by atoms with Gasteiger partial charge in [0.1, 0.15) is 0 Å². The van der Waals surface area contributed by atoms with E-state index in [9.17, 15) is 13.2 Å². The van der Waals surface area contributed by atoms with Crippen molar-refractivity contribution in [2.24, 2.45) is 0 Å². The van der Waals surface area contributed by atoms with Crippen molar-refractivity contribution in [1.29, 1.82) is 0 Å². The molecule has 2 rings (SSSR count). The third-order valence-corrected chi connectivity index (χ3v) is 3.36. The number of hydrogen-bond donors (Lipinski definition) is 1. The fourth-order valence-electron chi connectivity index (χ4n) is 1.82. The lowest BCUT2D eigenvalue weighted by Gasteiger charge is -2.15. The van der Waals surface area contributed by atoms with E-state index in [1.807, 2.05) is 0 Å². The second kappa shape index (κ2) is 6.34. The van der Waals surface area contributed by atoms with Gasteiger partial charge in [0.25, 0.3) is 0 Å². The number of rotatable bonds is 3. The van der Waals surface area contributed by atoms with Crippen molar-refractivity contribution in [3.05, 3.63) is 62.6 Å². The summed E-state index contributed by atoms with van der Waals surface area (Å²) in [6, 6.07) is 8.37. The number of nitrogens with one attached hydrogen (secondary N) is 1. The summed E-state index contributed by atoms with van der Waals surface area (Å²) in [4.78, 5) is 0. The van der Waals surface area contributed by atoms with Gasteiger partial charge in [-0.3, -0.25) is 0 Å². The van der Waals surface area contributed by atoms with Gasteiger partial charge in [0.15, 0.2) is 0 Å². The Kier molecular flexibility index (Phi) is 4.91. The van der Waals surface area contributed by atoms with E-state index in [1.54, 1.807) is 18.2 Å². The van der Waals surface area contributed by atoms with Crippen molar-refractivity contribution in [2.45, 2.75) is 12.7 Å². The number of hydrogen-bond acceptors (Lipinski definition) is 1. The van der Waals surface area contributed by atoms with Crippen LogP contribution in [0.5, 0.6) is 0 Å². The zero-order valence-corrected chi connectivity index (χ0v) is 12.7. The second-order valence-corrected chi connectivity index (χ2v) is 5.63. The molecule has 0 aliphatic carbocycles. The quantitative estimate of drug-likeness (QED) is 0.684. The lowest BCUT2D eigenvalue weighted by atomic mass is 10.1. The van der Waals surface area contributed by atoms with Crippen molar-refractivity contribution in [3.8, 4) is 0 Å². The first-order valence-electron chi connectivity index (χ1n) is 5.81. The molecule has 0 unspecified atom stereocenters. The predicted octanol–water partition coefficient (Wildman–Crippen LogP) is 6.28. The molecule has 0 heterocycles. The topological polar surface area (TPSA) is 12.0 Å². The van der Waals surface area contributed by atoms with Crippen LogP contribution in [-0.4, -0.2) is 0 Å². The Balaban J connectivity index is 2.24. The molecule has 0 amide bonds. The first kappa shape index (κ1) is 16.3. The highest BCUT2D eigenvalue weighted by molar-refractivity contribution is 6.34. The number of benzene rings is 2. The largest absolute Gasteiger partial charge is 0.418 e. The molecule has 0 spiro atoms. The molecule has 112 valence electrons. The number of alkyl halides is 3. The summed E-state index contributed by atoms with van der Waals surface area (Å²) in [5.41, 5.74) is -0.193. The van der Waals surface area contributed by atoms with Crippen molar-refractivity contribution >= 4 is 40.5 Å². The maximum Gasteiger partial charge on any atom is 0.418 e. The zero-order valence-electron chi connectivity index (χ0n) is 10.4. The van der Waals surface area contributed by atoms with Gasteiger partial charge in [0.2, 0.25) is 0 Å². The SMILES string of the molecule is FC(F)(F)c1cc(Cl)ccc1NCc1cc(Cl)cc(Cl)c1. The van der Waals surface area contributed by atoms with Crippen LogP contribution >= 0.6 is 34.8 Å². The van der Waals surface area contributed by atoms with Gasteiger partial charge in [-0.15, -0.1) is 0 Å². The smallest absolute Gasteiger partial charge is 0.380 e. The summed E-state index contributed by atoms with van der Waals surface area (Å²) < 4.78 is 38.8. The molecule has 0 aromatic heterocycles. The molecule has 0 radical (unpaired) electrons. The van der Waals surface area contributed by atoms with Gasteiger partial charge in [-0.2, -0.15) is 13.2 Å². The maximum atomic E-state index is 12.9. The Hall–Kier alpha value is -1.10. The minimum atomic E-state index is -4.49. The molecular formula is C14H9Cl3F3N. The first-order chi connectivity index (χ1) is 9.75. The van der Waals surface area contributed by atoms with Gasteiger partial charge in [-0.25, -0.2) is 0 Å². The van der Waals surface area contributed by atoms with Crippen LogP contribution in [0.4, 0.5) is 18.9 Å².